The number of anilines is 1. The molecule has 1 aromatic rings. The Bertz CT molecular complexity index is 435. The van der Waals surface area contributed by atoms with Crippen LogP contribution in [0.4, 0.5) is 5.69 Å². The molecule has 1 aliphatic rings. The van der Waals surface area contributed by atoms with Crippen molar-refractivity contribution in [3.63, 3.8) is 0 Å². The fourth-order valence-electron chi connectivity index (χ4n) is 1.89. The van der Waals surface area contributed by atoms with Crippen LogP contribution in [0.25, 0.3) is 0 Å². The number of thiocarbonyl (C=S) groups is 1. The fourth-order valence-corrected chi connectivity index (χ4v) is 2.30. The largest absolute Gasteiger partial charge is 0.395 e. The molecule has 1 aliphatic carbocycles. The van der Waals surface area contributed by atoms with Crippen molar-refractivity contribution in [2.45, 2.75) is 18.9 Å². The Balaban J connectivity index is 2.27. The van der Waals surface area contributed by atoms with Gasteiger partial charge in [0.05, 0.1) is 17.3 Å². The minimum atomic E-state index is 0.129. The summed E-state index contributed by atoms with van der Waals surface area (Å²) in [6, 6.07) is 6.09. The molecule has 92 valence electrons. The molecule has 3 N–H and O–H groups in total. The molecule has 0 aromatic heterocycles. The molecule has 0 radical (unpaired) electrons. The van der Waals surface area contributed by atoms with Crippen molar-refractivity contribution in [3.05, 3.63) is 28.8 Å². The van der Waals surface area contributed by atoms with Gasteiger partial charge in [-0.1, -0.05) is 23.8 Å². The molecule has 0 amide bonds. The number of benzene rings is 1. The molecule has 0 spiro atoms. The van der Waals surface area contributed by atoms with Crippen LogP contribution >= 0.6 is 23.8 Å². The summed E-state index contributed by atoms with van der Waals surface area (Å²) in [5.41, 5.74) is 7.28. The van der Waals surface area contributed by atoms with Crippen molar-refractivity contribution in [1.82, 2.24) is 0 Å². The second-order valence-electron chi connectivity index (χ2n) is 4.18. The van der Waals surface area contributed by atoms with Crippen LogP contribution in [0.2, 0.25) is 5.02 Å². The highest BCUT2D eigenvalue weighted by molar-refractivity contribution is 7.80. The molecule has 17 heavy (non-hydrogen) atoms. The van der Waals surface area contributed by atoms with Gasteiger partial charge in [-0.25, -0.2) is 0 Å². The van der Waals surface area contributed by atoms with Gasteiger partial charge < -0.3 is 15.7 Å². The Morgan fingerprint density at radius 1 is 1.53 bits per heavy atom. The van der Waals surface area contributed by atoms with Crippen LogP contribution in [0.15, 0.2) is 18.2 Å². The third-order valence-corrected chi connectivity index (χ3v) is 3.41. The van der Waals surface area contributed by atoms with Gasteiger partial charge in [0, 0.05) is 18.2 Å². The zero-order chi connectivity index (χ0) is 12.4. The van der Waals surface area contributed by atoms with Crippen LogP contribution in [0.5, 0.6) is 0 Å². The lowest BCUT2D eigenvalue weighted by molar-refractivity contribution is 0.301. The van der Waals surface area contributed by atoms with E-state index < -0.39 is 0 Å². The van der Waals surface area contributed by atoms with E-state index in [0.29, 0.717) is 22.6 Å². The van der Waals surface area contributed by atoms with E-state index in [0.717, 1.165) is 24.1 Å². The summed E-state index contributed by atoms with van der Waals surface area (Å²) in [5, 5.41) is 9.72. The van der Waals surface area contributed by atoms with Crippen LogP contribution in [0, 0.1) is 0 Å². The lowest BCUT2D eigenvalue weighted by Gasteiger charge is -2.25. The minimum Gasteiger partial charge on any atom is -0.395 e. The second-order valence-corrected chi connectivity index (χ2v) is 5.03. The maximum atomic E-state index is 9.08. The van der Waals surface area contributed by atoms with E-state index in [4.69, 9.17) is 34.7 Å². The number of aliphatic hydroxyl groups is 1. The lowest BCUT2D eigenvalue weighted by Crippen LogP contribution is -2.29. The first-order chi connectivity index (χ1) is 8.13. The van der Waals surface area contributed by atoms with Gasteiger partial charge in [0.1, 0.15) is 4.99 Å². The summed E-state index contributed by atoms with van der Waals surface area (Å²) in [5.74, 6) is 0. The molecule has 3 nitrogen and oxygen atoms in total. The number of rotatable bonds is 5. The standard InChI is InChI=1S/C12H15ClN2OS/c13-10-7-8(12(14)17)1-4-11(10)15(5-6-16)9-2-3-9/h1,4,7,9,16H,2-3,5-6H2,(H2,14,17). The van der Waals surface area contributed by atoms with E-state index in [1.807, 2.05) is 12.1 Å². The summed E-state index contributed by atoms with van der Waals surface area (Å²) in [6.45, 7) is 0.737. The Labute approximate surface area is 111 Å². The molecule has 0 atom stereocenters. The lowest BCUT2D eigenvalue weighted by atomic mass is 10.2. The highest BCUT2D eigenvalue weighted by Crippen LogP contribution is 2.35. The predicted molar refractivity (Wildman–Crippen MR) is 74.8 cm³/mol. The van der Waals surface area contributed by atoms with Crippen LogP contribution in [0.1, 0.15) is 18.4 Å². The molecule has 0 heterocycles. The van der Waals surface area contributed by atoms with Crippen molar-refractivity contribution in [1.29, 1.82) is 0 Å². The first-order valence-corrected chi connectivity index (χ1v) is 6.39. The SMILES string of the molecule is NC(=S)c1ccc(N(CCO)C2CC2)c(Cl)c1. The third-order valence-electron chi connectivity index (χ3n) is 2.87. The van der Waals surface area contributed by atoms with Crippen LogP contribution < -0.4 is 10.6 Å². The molecule has 0 bridgehead atoms. The average Bonchev–Trinajstić information content (AvgIpc) is 3.10. The Kier molecular flexibility index (Phi) is 3.86. The van der Waals surface area contributed by atoms with Crippen molar-refractivity contribution in [3.8, 4) is 0 Å². The van der Waals surface area contributed by atoms with Crippen LogP contribution in [0.3, 0.4) is 0 Å². The number of aliphatic hydroxyl groups excluding tert-OH is 1. The number of nitrogens with zero attached hydrogens (tertiary/aromatic N) is 1. The van der Waals surface area contributed by atoms with E-state index in [-0.39, 0.29) is 6.61 Å². The van der Waals surface area contributed by atoms with E-state index in [1.54, 1.807) is 6.07 Å². The zero-order valence-electron chi connectivity index (χ0n) is 9.40. The molecule has 0 unspecified atom stereocenters. The Morgan fingerprint density at radius 3 is 2.71 bits per heavy atom. The number of nitrogens with two attached hydrogens (primary N) is 1. The van der Waals surface area contributed by atoms with E-state index in [2.05, 4.69) is 4.90 Å². The molecule has 2 rings (SSSR count). The molecule has 0 saturated heterocycles. The first kappa shape index (κ1) is 12.6. The average molecular weight is 271 g/mol. The van der Waals surface area contributed by atoms with Gasteiger partial charge in [0.2, 0.25) is 0 Å². The van der Waals surface area contributed by atoms with Gasteiger partial charge in [-0.05, 0) is 31.0 Å². The van der Waals surface area contributed by atoms with Gasteiger partial charge in [-0.15, -0.1) is 0 Å². The molecule has 0 aliphatic heterocycles. The van der Waals surface area contributed by atoms with Crippen molar-refractivity contribution in [2.24, 2.45) is 5.73 Å². The summed E-state index contributed by atoms with van der Waals surface area (Å²) in [4.78, 5) is 2.49. The number of hydrogen-bond donors (Lipinski definition) is 2. The molecule has 5 heteroatoms. The molecule has 1 saturated carbocycles. The van der Waals surface area contributed by atoms with Gasteiger partial charge in [-0.3, -0.25) is 0 Å². The Hall–Kier alpha value is -0.840. The number of hydrogen-bond acceptors (Lipinski definition) is 3. The quantitative estimate of drug-likeness (QED) is 0.803. The van der Waals surface area contributed by atoms with Crippen molar-refractivity contribution in [2.75, 3.05) is 18.1 Å². The van der Waals surface area contributed by atoms with E-state index >= 15 is 0 Å². The normalized spacial score (nSPS) is 14.7. The topological polar surface area (TPSA) is 49.5 Å². The van der Waals surface area contributed by atoms with Crippen LogP contribution in [-0.4, -0.2) is 29.3 Å². The van der Waals surface area contributed by atoms with E-state index in [1.165, 1.54) is 0 Å². The van der Waals surface area contributed by atoms with Gasteiger partial charge in [-0.2, -0.15) is 0 Å². The highest BCUT2D eigenvalue weighted by atomic mass is 35.5. The molecule has 1 aromatic carbocycles. The summed E-state index contributed by atoms with van der Waals surface area (Å²) < 4.78 is 0. The highest BCUT2D eigenvalue weighted by Gasteiger charge is 2.29. The smallest absolute Gasteiger partial charge is 0.104 e. The second kappa shape index (κ2) is 5.21. The summed E-state index contributed by atoms with van der Waals surface area (Å²) in [6.07, 6.45) is 2.32. The third kappa shape index (κ3) is 2.89. The zero-order valence-corrected chi connectivity index (χ0v) is 11.0. The van der Waals surface area contributed by atoms with Gasteiger partial charge >= 0.3 is 0 Å². The van der Waals surface area contributed by atoms with Crippen molar-refractivity contribution >= 4 is 34.5 Å². The van der Waals surface area contributed by atoms with Crippen LogP contribution in [-0.2, 0) is 0 Å². The Morgan fingerprint density at radius 2 is 2.24 bits per heavy atom. The van der Waals surface area contributed by atoms with Gasteiger partial charge in [0.15, 0.2) is 0 Å². The van der Waals surface area contributed by atoms with Crippen molar-refractivity contribution < 1.29 is 5.11 Å². The van der Waals surface area contributed by atoms with Gasteiger partial charge in [0.25, 0.3) is 0 Å². The predicted octanol–water partition coefficient (Wildman–Crippen LogP) is 1.94. The molecular formula is C12H15ClN2OS. The first-order valence-electron chi connectivity index (χ1n) is 5.60. The minimum absolute atomic E-state index is 0.129. The molecule has 1 fully saturated rings. The monoisotopic (exact) mass is 270 g/mol. The maximum absolute atomic E-state index is 9.08. The fraction of sp³-hybridized carbons (Fsp3) is 0.417. The maximum Gasteiger partial charge on any atom is 0.104 e. The summed E-state index contributed by atoms with van der Waals surface area (Å²) in [7, 11) is 0. The molecular weight excluding hydrogens is 256 g/mol. The number of halogens is 1. The summed E-state index contributed by atoms with van der Waals surface area (Å²) >= 11 is 11.1. The van der Waals surface area contributed by atoms with E-state index in [9.17, 15) is 0 Å².